The first-order valence-corrected chi connectivity index (χ1v) is 21.3. The van der Waals surface area contributed by atoms with E-state index in [9.17, 15) is 0 Å². The topological polar surface area (TPSA) is 16.4 Å². The molecule has 4 bridgehead atoms. The van der Waals surface area contributed by atoms with Crippen LogP contribution in [0.4, 0.5) is 17.1 Å². The van der Waals surface area contributed by atoms with E-state index in [1.54, 1.807) is 0 Å². The number of hydrogen-bond acceptors (Lipinski definition) is 2. The highest BCUT2D eigenvalue weighted by molar-refractivity contribution is 6.20. The van der Waals surface area contributed by atoms with Gasteiger partial charge in [0.25, 0.3) is 0 Å². The summed E-state index contributed by atoms with van der Waals surface area (Å²) in [5.74, 6) is 2.60. The van der Waals surface area contributed by atoms with Crippen LogP contribution in [0.15, 0.2) is 186 Å². The second kappa shape index (κ2) is 13.4. The van der Waals surface area contributed by atoms with Crippen LogP contribution in [0.5, 0.6) is 0 Å². The monoisotopic (exact) mass is 747 g/mol. The van der Waals surface area contributed by atoms with Crippen LogP contribution < -0.4 is 4.90 Å². The van der Waals surface area contributed by atoms with Crippen LogP contribution in [0.25, 0.3) is 66.1 Å². The van der Waals surface area contributed by atoms with Crippen molar-refractivity contribution in [3.63, 3.8) is 0 Å². The SMILES string of the molecule is c1ccc(-c2ccc(-c3ccc(N(c4ccccc4-c4ccccc4)c4cc5c(oc6cccc(C78CC9CC(CC(C9)C7)C8)c65)c5ccccc45)cc3)cc2)cc1. The Kier molecular flexibility index (Phi) is 7.76. The van der Waals surface area contributed by atoms with Crippen molar-refractivity contribution in [2.45, 2.75) is 43.9 Å². The Morgan fingerprint density at radius 3 is 1.62 bits per heavy atom. The number of furan rings is 1. The number of para-hydroxylation sites is 1. The average Bonchev–Trinajstić information content (AvgIpc) is 3.66. The summed E-state index contributed by atoms with van der Waals surface area (Å²) in [5, 5.41) is 4.89. The molecule has 4 saturated carbocycles. The molecule has 0 radical (unpaired) electrons. The lowest BCUT2D eigenvalue weighted by atomic mass is 9.48. The number of anilines is 3. The van der Waals surface area contributed by atoms with E-state index in [0.29, 0.717) is 0 Å². The standard InChI is InChI=1S/C56H45NO/c1-3-12-40(13-4-1)41-22-24-42(25-23-41)43-26-28-45(29-27-43)57(51-20-10-9-16-46(51)44-14-5-2-6-15-44)52-33-49-54-50(56-34-37-30-38(35-56)32-39(31-37)36-56)19-11-21-53(54)58-55(49)48-18-8-7-17-47(48)52/h1-29,33,37-39H,30-32,34-36H2. The molecule has 4 aliphatic rings. The third-order valence-electron chi connectivity index (χ3n) is 14.0. The first kappa shape index (κ1) is 33.7. The van der Waals surface area contributed by atoms with Crippen LogP contribution >= 0.6 is 0 Å². The van der Waals surface area contributed by atoms with E-state index in [1.165, 1.54) is 93.6 Å². The lowest BCUT2D eigenvalue weighted by Gasteiger charge is -2.57. The Balaban J connectivity index is 1.06. The number of fused-ring (bicyclic) bond motifs is 5. The zero-order valence-corrected chi connectivity index (χ0v) is 32.7. The van der Waals surface area contributed by atoms with Gasteiger partial charge in [-0.1, -0.05) is 152 Å². The molecule has 4 fully saturated rings. The predicted octanol–water partition coefficient (Wildman–Crippen LogP) is 15.7. The molecule has 1 heterocycles. The summed E-state index contributed by atoms with van der Waals surface area (Å²) in [5.41, 5.74) is 14.5. The van der Waals surface area contributed by atoms with Gasteiger partial charge in [-0.2, -0.15) is 0 Å². The molecule has 0 spiro atoms. The van der Waals surface area contributed by atoms with Gasteiger partial charge in [0.1, 0.15) is 11.2 Å². The van der Waals surface area contributed by atoms with Gasteiger partial charge >= 0.3 is 0 Å². The van der Waals surface area contributed by atoms with E-state index in [1.807, 2.05) is 0 Å². The minimum atomic E-state index is 0.242. The predicted molar refractivity (Wildman–Crippen MR) is 242 cm³/mol. The summed E-state index contributed by atoms with van der Waals surface area (Å²) < 4.78 is 6.99. The molecule has 0 unspecified atom stereocenters. The van der Waals surface area contributed by atoms with Crippen molar-refractivity contribution in [2.24, 2.45) is 17.8 Å². The maximum atomic E-state index is 6.99. The summed E-state index contributed by atoms with van der Waals surface area (Å²) in [6, 6.07) is 66.7. The van der Waals surface area contributed by atoms with E-state index in [-0.39, 0.29) is 5.41 Å². The molecule has 2 nitrogen and oxygen atoms in total. The molecule has 4 aliphatic carbocycles. The minimum Gasteiger partial charge on any atom is -0.455 e. The number of rotatable bonds is 7. The summed E-state index contributed by atoms with van der Waals surface area (Å²) in [6.07, 6.45) is 8.27. The summed E-state index contributed by atoms with van der Waals surface area (Å²) in [4.78, 5) is 2.50. The highest BCUT2D eigenvalue weighted by Crippen LogP contribution is 2.62. The van der Waals surface area contributed by atoms with E-state index in [4.69, 9.17) is 4.42 Å². The van der Waals surface area contributed by atoms with Gasteiger partial charge < -0.3 is 9.32 Å². The fourth-order valence-corrected chi connectivity index (χ4v) is 11.9. The van der Waals surface area contributed by atoms with Gasteiger partial charge in [-0.05, 0) is 125 Å². The molecule has 9 aromatic rings. The molecule has 0 N–H and O–H groups in total. The Morgan fingerprint density at radius 2 is 0.966 bits per heavy atom. The van der Waals surface area contributed by atoms with Crippen molar-refractivity contribution in [3.8, 4) is 33.4 Å². The lowest BCUT2D eigenvalue weighted by Crippen LogP contribution is -2.48. The minimum absolute atomic E-state index is 0.242. The lowest BCUT2D eigenvalue weighted by molar-refractivity contribution is -0.00448. The number of benzene rings is 8. The second-order valence-electron chi connectivity index (χ2n) is 17.5. The van der Waals surface area contributed by atoms with Gasteiger partial charge in [-0.15, -0.1) is 0 Å². The highest BCUT2D eigenvalue weighted by atomic mass is 16.3. The first-order chi connectivity index (χ1) is 28.7. The zero-order chi connectivity index (χ0) is 38.2. The van der Waals surface area contributed by atoms with Crippen molar-refractivity contribution in [1.82, 2.24) is 0 Å². The summed E-state index contributed by atoms with van der Waals surface area (Å²) in [6.45, 7) is 0. The van der Waals surface area contributed by atoms with Crippen LogP contribution in [0.1, 0.15) is 44.1 Å². The molecular formula is C56H45NO. The molecule has 0 amide bonds. The molecule has 2 heteroatoms. The van der Waals surface area contributed by atoms with E-state index >= 15 is 0 Å². The fourth-order valence-electron chi connectivity index (χ4n) is 11.9. The number of nitrogens with zero attached hydrogens (tertiary/aromatic N) is 1. The Bertz CT molecular complexity index is 2920. The largest absolute Gasteiger partial charge is 0.455 e. The molecule has 1 aromatic heterocycles. The Labute approximate surface area is 340 Å². The molecule has 58 heavy (non-hydrogen) atoms. The van der Waals surface area contributed by atoms with Crippen LogP contribution in [0, 0.1) is 17.8 Å². The van der Waals surface area contributed by atoms with Crippen LogP contribution in [0.2, 0.25) is 0 Å². The molecule has 13 rings (SSSR count). The third kappa shape index (κ3) is 5.46. The van der Waals surface area contributed by atoms with Gasteiger partial charge in [0, 0.05) is 32.8 Å². The Morgan fingerprint density at radius 1 is 0.431 bits per heavy atom. The third-order valence-corrected chi connectivity index (χ3v) is 14.0. The van der Waals surface area contributed by atoms with Crippen molar-refractivity contribution in [2.75, 3.05) is 4.90 Å². The maximum absolute atomic E-state index is 6.99. The van der Waals surface area contributed by atoms with Crippen LogP contribution in [-0.2, 0) is 5.41 Å². The molecular weight excluding hydrogens is 703 g/mol. The van der Waals surface area contributed by atoms with Crippen molar-refractivity contribution in [1.29, 1.82) is 0 Å². The number of hydrogen-bond donors (Lipinski definition) is 0. The van der Waals surface area contributed by atoms with Gasteiger partial charge in [-0.3, -0.25) is 0 Å². The van der Waals surface area contributed by atoms with Gasteiger partial charge in [-0.25, -0.2) is 0 Å². The van der Waals surface area contributed by atoms with Gasteiger partial charge in [0.05, 0.1) is 11.4 Å². The molecule has 280 valence electrons. The van der Waals surface area contributed by atoms with Crippen molar-refractivity contribution < 1.29 is 4.42 Å². The quantitative estimate of drug-likeness (QED) is 0.161. The van der Waals surface area contributed by atoms with Crippen LogP contribution in [0.3, 0.4) is 0 Å². The summed E-state index contributed by atoms with van der Waals surface area (Å²) in [7, 11) is 0. The van der Waals surface area contributed by atoms with E-state index in [0.717, 1.165) is 51.4 Å². The van der Waals surface area contributed by atoms with Gasteiger partial charge in [0.2, 0.25) is 0 Å². The molecule has 0 aliphatic heterocycles. The molecule has 8 aromatic carbocycles. The normalized spacial score (nSPS) is 20.9. The first-order valence-electron chi connectivity index (χ1n) is 21.3. The fraction of sp³-hybridized carbons (Fsp3) is 0.179. The average molecular weight is 748 g/mol. The van der Waals surface area contributed by atoms with E-state index in [2.05, 4.69) is 187 Å². The maximum Gasteiger partial charge on any atom is 0.143 e. The Hall–Kier alpha value is -6.38. The zero-order valence-electron chi connectivity index (χ0n) is 32.7. The highest BCUT2D eigenvalue weighted by Gasteiger charge is 2.52. The second-order valence-corrected chi connectivity index (χ2v) is 17.5. The van der Waals surface area contributed by atoms with Gasteiger partial charge in [0.15, 0.2) is 0 Å². The van der Waals surface area contributed by atoms with Crippen molar-refractivity contribution in [3.05, 3.63) is 188 Å². The summed E-state index contributed by atoms with van der Waals surface area (Å²) >= 11 is 0. The van der Waals surface area contributed by atoms with E-state index < -0.39 is 0 Å². The van der Waals surface area contributed by atoms with Crippen molar-refractivity contribution >= 4 is 49.8 Å². The smallest absolute Gasteiger partial charge is 0.143 e. The van der Waals surface area contributed by atoms with Crippen LogP contribution in [-0.4, -0.2) is 0 Å². The molecule has 0 saturated heterocycles. The molecule has 0 atom stereocenters.